The zero-order chi connectivity index (χ0) is 13.7. The summed E-state index contributed by atoms with van der Waals surface area (Å²) in [5, 5.41) is 7.29. The van der Waals surface area contributed by atoms with Crippen molar-refractivity contribution in [2.24, 2.45) is 5.92 Å². The Hall–Kier alpha value is -0.160. The fourth-order valence-corrected chi connectivity index (χ4v) is 3.17. The number of hydrogen-bond donors (Lipinski definition) is 2. The molecule has 4 heteroatoms. The van der Waals surface area contributed by atoms with E-state index in [4.69, 9.17) is 0 Å². The fourth-order valence-electron chi connectivity index (χ4n) is 3.17. The molecule has 2 fully saturated rings. The highest BCUT2D eigenvalue weighted by atomic mass is 15.1. The number of rotatable bonds is 7. The van der Waals surface area contributed by atoms with Crippen LogP contribution in [0.1, 0.15) is 25.7 Å². The average Bonchev–Trinajstić information content (AvgIpc) is 2.32. The van der Waals surface area contributed by atoms with E-state index in [0.29, 0.717) is 0 Å². The van der Waals surface area contributed by atoms with Gasteiger partial charge in [-0.3, -0.25) is 0 Å². The highest BCUT2D eigenvalue weighted by Gasteiger charge is 2.29. The highest BCUT2D eigenvalue weighted by molar-refractivity contribution is 4.86. The summed E-state index contributed by atoms with van der Waals surface area (Å²) in [6, 6.07) is 1.59. The molecule has 2 aliphatic rings. The lowest BCUT2D eigenvalue weighted by Crippen LogP contribution is -2.46. The molecule has 0 aromatic heterocycles. The van der Waals surface area contributed by atoms with Gasteiger partial charge in [-0.25, -0.2) is 0 Å². The predicted octanol–water partition coefficient (Wildman–Crippen LogP) is 0.600. The minimum absolute atomic E-state index is 0.750. The van der Waals surface area contributed by atoms with Gasteiger partial charge >= 0.3 is 0 Å². The Kier molecular flexibility index (Phi) is 6.07. The van der Waals surface area contributed by atoms with Crippen LogP contribution in [-0.2, 0) is 0 Å². The summed E-state index contributed by atoms with van der Waals surface area (Å²) in [6.45, 7) is 5.95. The van der Waals surface area contributed by atoms with Gasteiger partial charge in [-0.05, 0) is 72.4 Å². The number of hydrogen-bond acceptors (Lipinski definition) is 4. The molecule has 4 nitrogen and oxygen atoms in total. The van der Waals surface area contributed by atoms with Crippen molar-refractivity contribution in [3.63, 3.8) is 0 Å². The lowest BCUT2D eigenvalue weighted by Gasteiger charge is -2.39. The topological polar surface area (TPSA) is 30.5 Å². The normalized spacial score (nSPS) is 29.7. The van der Waals surface area contributed by atoms with Crippen LogP contribution in [0.25, 0.3) is 0 Å². The van der Waals surface area contributed by atoms with Crippen LogP contribution >= 0.6 is 0 Å². The van der Waals surface area contributed by atoms with Crippen molar-refractivity contribution >= 4 is 0 Å². The first-order valence-corrected chi connectivity index (χ1v) is 7.94. The molecule has 0 radical (unpaired) electrons. The van der Waals surface area contributed by atoms with E-state index in [1.165, 1.54) is 45.3 Å². The van der Waals surface area contributed by atoms with Gasteiger partial charge in [0.1, 0.15) is 0 Å². The third kappa shape index (κ3) is 5.03. The molecule has 1 aliphatic carbocycles. The molecule has 1 aliphatic heterocycles. The first-order valence-electron chi connectivity index (χ1n) is 7.94. The molecule has 0 aromatic carbocycles. The van der Waals surface area contributed by atoms with Crippen molar-refractivity contribution in [3.05, 3.63) is 0 Å². The molecule has 1 saturated carbocycles. The van der Waals surface area contributed by atoms with Gasteiger partial charge < -0.3 is 20.4 Å². The first-order chi connectivity index (χ1) is 9.15. The molecule has 0 spiro atoms. The fraction of sp³-hybridized carbons (Fsp3) is 1.00. The van der Waals surface area contributed by atoms with Crippen LogP contribution in [0.15, 0.2) is 0 Å². The van der Waals surface area contributed by atoms with E-state index in [1.54, 1.807) is 0 Å². The zero-order valence-corrected chi connectivity index (χ0v) is 13.0. The van der Waals surface area contributed by atoms with Crippen LogP contribution < -0.4 is 10.6 Å². The lowest BCUT2D eigenvalue weighted by molar-refractivity contribution is 0.123. The van der Waals surface area contributed by atoms with Gasteiger partial charge in [0.25, 0.3) is 0 Å². The summed E-state index contributed by atoms with van der Waals surface area (Å²) in [7, 11) is 6.61. The molecule has 112 valence electrons. The molecule has 2 N–H and O–H groups in total. The molecular formula is C15H32N4. The summed E-state index contributed by atoms with van der Waals surface area (Å²) >= 11 is 0. The Bertz CT molecular complexity index is 243. The smallest absolute Gasteiger partial charge is 0.00954 e. The Morgan fingerprint density at radius 1 is 1.11 bits per heavy atom. The summed E-state index contributed by atoms with van der Waals surface area (Å²) in [4.78, 5) is 4.78. The van der Waals surface area contributed by atoms with E-state index in [0.717, 1.165) is 31.1 Å². The van der Waals surface area contributed by atoms with Crippen molar-refractivity contribution in [1.82, 2.24) is 20.4 Å². The van der Waals surface area contributed by atoms with Crippen molar-refractivity contribution in [2.75, 3.05) is 53.9 Å². The lowest BCUT2D eigenvalue weighted by atomic mass is 9.79. The summed E-state index contributed by atoms with van der Waals surface area (Å²) in [5.74, 6) is 0.913. The van der Waals surface area contributed by atoms with Crippen LogP contribution in [0.2, 0.25) is 0 Å². The molecule has 1 saturated heterocycles. The Morgan fingerprint density at radius 2 is 1.79 bits per heavy atom. The van der Waals surface area contributed by atoms with E-state index in [1.807, 2.05) is 0 Å². The molecule has 19 heavy (non-hydrogen) atoms. The molecule has 0 bridgehead atoms. The number of nitrogens with zero attached hydrogens (tertiary/aromatic N) is 2. The average molecular weight is 268 g/mol. The van der Waals surface area contributed by atoms with Gasteiger partial charge in [0, 0.05) is 25.2 Å². The molecule has 0 amide bonds. The summed E-state index contributed by atoms with van der Waals surface area (Å²) < 4.78 is 0. The van der Waals surface area contributed by atoms with E-state index < -0.39 is 0 Å². The Labute approximate surface area is 118 Å². The maximum atomic E-state index is 3.68. The Balaban J connectivity index is 1.41. The first kappa shape index (κ1) is 15.2. The molecule has 2 rings (SSSR count). The number of piperidine rings is 1. The maximum absolute atomic E-state index is 3.68. The minimum Gasteiger partial charge on any atom is -0.315 e. The van der Waals surface area contributed by atoms with Crippen LogP contribution in [0, 0.1) is 5.92 Å². The zero-order valence-electron chi connectivity index (χ0n) is 13.0. The van der Waals surface area contributed by atoms with Gasteiger partial charge in [0.15, 0.2) is 0 Å². The quantitative estimate of drug-likeness (QED) is 0.662. The van der Waals surface area contributed by atoms with Gasteiger partial charge in [0.05, 0.1) is 0 Å². The molecule has 1 heterocycles. The molecule has 0 unspecified atom stereocenters. The highest BCUT2D eigenvalue weighted by Crippen LogP contribution is 2.29. The van der Waals surface area contributed by atoms with Crippen LogP contribution in [0.4, 0.5) is 0 Å². The SMILES string of the molecule is CN1CCC(NCCNCC2CC(N(C)C)C2)CC1. The number of nitrogens with one attached hydrogen (secondary N) is 2. The van der Waals surface area contributed by atoms with Crippen LogP contribution in [-0.4, -0.2) is 75.8 Å². The predicted molar refractivity (Wildman–Crippen MR) is 81.6 cm³/mol. The monoisotopic (exact) mass is 268 g/mol. The summed E-state index contributed by atoms with van der Waals surface area (Å²) in [5.41, 5.74) is 0. The minimum atomic E-state index is 0.750. The van der Waals surface area contributed by atoms with Gasteiger partial charge in [-0.15, -0.1) is 0 Å². The van der Waals surface area contributed by atoms with Gasteiger partial charge in [-0.2, -0.15) is 0 Å². The van der Waals surface area contributed by atoms with Gasteiger partial charge in [-0.1, -0.05) is 0 Å². The van der Waals surface area contributed by atoms with E-state index in [9.17, 15) is 0 Å². The van der Waals surface area contributed by atoms with Crippen molar-refractivity contribution in [3.8, 4) is 0 Å². The molecule has 0 aromatic rings. The third-order valence-corrected chi connectivity index (χ3v) is 4.83. The van der Waals surface area contributed by atoms with Crippen molar-refractivity contribution in [2.45, 2.75) is 37.8 Å². The Morgan fingerprint density at radius 3 is 2.42 bits per heavy atom. The van der Waals surface area contributed by atoms with E-state index >= 15 is 0 Å². The number of likely N-dealkylation sites (tertiary alicyclic amines) is 1. The second-order valence-corrected chi connectivity index (χ2v) is 6.69. The van der Waals surface area contributed by atoms with Crippen molar-refractivity contribution in [1.29, 1.82) is 0 Å². The van der Waals surface area contributed by atoms with E-state index in [-0.39, 0.29) is 0 Å². The third-order valence-electron chi connectivity index (χ3n) is 4.83. The maximum Gasteiger partial charge on any atom is 0.00954 e. The van der Waals surface area contributed by atoms with E-state index in [2.05, 4.69) is 41.6 Å². The second kappa shape index (κ2) is 7.58. The molecule has 0 atom stereocenters. The van der Waals surface area contributed by atoms with Crippen LogP contribution in [0.3, 0.4) is 0 Å². The second-order valence-electron chi connectivity index (χ2n) is 6.69. The van der Waals surface area contributed by atoms with Gasteiger partial charge in [0.2, 0.25) is 0 Å². The summed E-state index contributed by atoms with van der Waals surface area (Å²) in [6.07, 6.45) is 5.37. The largest absolute Gasteiger partial charge is 0.315 e. The standard InChI is InChI=1S/C15H32N4/c1-18(2)15-10-13(11-15)12-16-6-7-17-14-4-8-19(3)9-5-14/h13-17H,4-12H2,1-3H3. The molecular weight excluding hydrogens is 236 g/mol. The van der Waals surface area contributed by atoms with Crippen LogP contribution in [0.5, 0.6) is 0 Å². The van der Waals surface area contributed by atoms with Crippen molar-refractivity contribution < 1.29 is 0 Å².